The van der Waals surface area contributed by atoms with E-state index in [4.69, 9.17) is 16.9 Å². The Balaban J connectivity index is 2.18. The van der Waals surface area contributed by atoms with Crippen molar-refractivity contribution in [2.75, 3.05) is 19.8 Å². The smallest absolute Gasteiger partial charge is 0.107 e. The minimum absolute atomic E-state index is 0.438. The van der Waals surface area contributed by atoms with Crippen LogP contribution >= 0.6 is 0 Å². The van der Waals surface area contributed by atoms with Crippen molar-refractivity contribution in [1.29, 1.82) is 0 Å². The van der Waals surface area contributed by atoms with Gasteiger partial charge in [0.2, 0.25) is 0 Å². The van der Waals surface area contributed by atoms with Crippen LogP contribution in [0, 0.1) is 24.2 Å². The highest BCUT2D eigenvalue weighted by molar-refractivity contribution is 4.84. The largest absolute Gasteiger partial charge is 0.368 e. The van der Waals surface area contributed by atoms with Gasteiger partial charge < -0.3 is 10.5 Å². The SMILES string of the molecule is C#CCOCC1CCCC1CN. The highest BCUT2D eigenvalue weighted by Gasteiger charge is 2.25. The van der Waals surface area contributed by atoms with Crippen LogP contribution in [0.4, 0.5) is 0 Å². The average Bonchev–Trinajstić information content (AvgIpc) is 2.52. The Morgan fingerprint density at radius 3 is 2.83 bits per heavy atom. The number of rotatable bonds is 4. The topological polar surface area (TPSA) is 35.2 Å². The minimum Gasteiger partial charge on any atom is -0.368 e. The van der Waals surface area contributed by atoms with Gasteiger partial charge in [-0.15, -0.1) is 6.42 Å². The predicted molar refractivity (Wildman–Crippen MR) is 49.5 cm³/mol. The minimum atomic E-state index is 0.438. The molecular weight excluding hydrogens is 150 g/mol. The van der Waals surface area contributed by atoms with Gasteiger partial charge in [0, 0.05) is 0 Å². The van der Waals surface area contributed by atoms with Crippen molar-refractivity contribution >= 4 is 0 Å². The maximum absolute atomic E-state index is 5.63. The highest BCUT2D eigenvalue weighted by atomic mass is 16.5. The lowest BCUT2D eigenvalue weighted by Gasteiger charge is -2.16. The van der Waals surface area contributed by atoms with Crippen molar-refractivity contribution in [2.45, 2.75) is 19.3 Å². The third-order valence-electron chi connectivity index (χ3n) is 2.64. The van der Waals surface area contributed by atoms with Gasteiger partial charge in [-0.1, -0.05) is 12.3 Å². The van der Waals surface area contributed by atoms with E-state index >= 15 is 0 Å². The summed E-state index contributed by atoms with van der Waals surface area (Å²) in [7, 11) is 0. The van der Waals surface area contributed by atoms with Gasteiger partial charge in [0.25, 0.3) is 0 Å². The van der Waals surface area contributed by atoms with Gasteiger partial charge in [0.05, 0.1) is 6.61 Å². The summed E-state index contributed by atoms with van der Waals surface area (Å²) in [5, 5.41) is 0. The number of hydrogen-bond acceptors (Lipinski definition) is 2. The van der Waals surface area contributed by atoms with Crippen LogP contribution in [-0.4, -0.2) is 19.8 Å². The Morgan fingerprint density at radius 2 is 2.17 bits per heavy atom. The zero-order valence-corrected chi connectivity index (χ0v) is 7.46. The number of ether oxygens (including phenoxy) is 1. The van der Waals surface area contributed by atoms with Gasteiger partial charge in [0.15, 0.2) is 0 Å². The molecule has 0 saturated heterocycles. The van der Waals surface area contributed by atoms with Crippen molar-refractivity contribution in [3.8, 4) is 12.3 Å². The van der Waals surface area contributed by atoms with Crippen LogP contribution in [0.1, 0.15) is 19.3 Å². The average molecular weight is 167 g/mol. The fraction of sp³-hybridized carbons (Fsp3) is 0.800. The summed E-state index contributed by atoms with van der Waals surface area (Å²) in [6.07, 6.45) is 8.90. The van der Waals surface area contributed by atoms with Crippen LogP contribution in [0.15, 0.2) is 0 Å². The highest BCUT2D eigenvalue weighted by Crippen LogP contribution is 2.30. The van der Waals surface area contributed by atoms with E-state index < -0.39 is 0 Å². The summed E-state index contributed by atoms with van der Waals surface area (Å²) in [4.78, 5) is 0. The summed E-state index contributed by atoms with van der Waals surface area (Å²) >= 11 is 0. The van der Waals surface area contributed by atoms with E-state index in [-0.39, 0.29) is 0 Å². The van der Waals surface area contributed by atoms with E-state index in [1.807, 2.05) is 0 Å². The molecule has 2 atom stereocenters. The van der Waals surface area contributed by atoms with Crippen molar-refractivity contribution in [1.82, 2.24) is 0 Å². The number of nitrogens with two attached hydrogens (primary N) is 1. The molecule has 68 valence electrons. The molecule has 1 rings (SSSR count). The summed E-state index contributed by atoms with van der Waals surface area (Å²) in [5.41, 5.74) is 5.63. The molecule has 1 fully saturated rings. The van der Waals surface area contributed by atoms with Gasteiger partial charge in [-0.25, -0.2) is 0 Å². The molecule has 1 aliphatic carbocycles. The van der Waals surface area contributed by atoms with Gasteiger partial charge in [0.1, 0.15) is 6.61 Å². The Morgan fingerprint density at radius 1 is 1.42 bits per heavy atom. The van der Waals surface area contributed by atoms with Crippen molar-refractivity contribution < 1.29 is 4.74 Å². The molecule has 2 nitrogen and oxygen atoms in total. The molecule has 0 heterocycles. The molecular formula is C10H17NO. The summed E-state index contributed by atoms with van der Waals surface area (Å²) in [6.45, 7) is 2.03. The van der Waals surface area contributed by atoms with Crippen molar-refractivity contribution in [3.05, 3.63) is 0 Å². The Hall–Kier alpha value is -0.520. The second-order valence-corrected chi connectivity index (χ2v) is 3.41. The van der Waals surface area contributed by atoms with Crippen LogP contribution < -0.4 is 5.73 Å². The number of terminal acetylenes is 1. The zero-order valence-electron chi connectivity index (χ0n) is 7.46. The predicted octanol–water partition coefficient (Wildman–Crippen LogP) is 1.01. The van der Waals surface area contributed by atoms with Gasteiger partial charge in [-0.05, 0) is 31.2 Å². The van der Waals surface area contributed by atoms with Crippen LogP contribution in [0.5, 0.6) is 0 Å². The van der Waals surface area contributed by atoms with Crippen LogP contribution in [0.3, 0.4) is 0 Å². The van der Waals surface area contributed by atoms with Gasteiger partial charge >= 0.3 is 0 Å². The first-order valence-electron chi connectivity index (χ1n) is 4.59. The van der Waals surface area contributed by atoms with Crippen molar-refractivity contribution in [3.63, 3.8) is 0 Å². The second-order valence-electron chi connectivity index (χ2n) is 3.41. The maximum Gasteiger partial charge on any atom is 0.107 e. The summed E-state index contributed by atoms with van der Waals surface area (Å²) < 4.78 is 5.31. The van der Waals surface area contributed by atoms with Crippen LogP contribution in [0.2, 0.25) is 0 Å². The molecule has 0 aromatic rings. The maximum atomic E-state index is 5.63. The fourth-order valence-corrected chi connectivity index (χ4v) is 1.91. The molecule has 0 aromatic heterocycles. The van der Waals surface area contributed by atoms with E-state index in [0.717, 1.165) is 13.2 Å². The molecule has 0 bridgehead atoms. The molecule has 0 radical (unpaired) electrons. The number of hydrogen-bond donors (Lipinski definition) is 1. The van der Waals surface area contributed by atoms with Crippen molar-refractivity contribution in [2.24, 2.45) is 17.6 Å². The van der Waals surface area contributed by atoms with E-state index in [0.29, 0.717) is 18.4 Å². The third-order valence-corrected chi connectivity index (χ3v) is 2.64. The lowest BCUT2D eigenvalue weighted by atomic mass is 9.97. The van der Waals surface area contributed by atoms with Gasteiger partial charge in [-0.2, -0.15) is 0 Å². The molecule has 2 N–H and O–H groups in total. The molecule has 0 amide bonds. The Kier molecular flexibility index (Phi) is 4.13. The molecule has 1 saturated carbocycles. The molecule has 1 aliphatic rings. The fourth-order valence-electron chi connectivity index (χ4n) is 1.91. The van der Waals surface area contributed by atoms with E-state index in [1.165, 1.54) is 19.3 Å². The first-order chi connectivity index (χ1) is 5.88. The molecule has 0 aliphatic heterocycles. The van der Waals surface area contributed by atoms with E-state index in [9.17, 15) is 0 Å². The quantitative estimate of drug-likeness (QED) is 0.501. The molecule has 2 heteroatoms. The zero-order chi connectivity index (χ0) is 8.81. The normalized spacial score (nSPS) is 28.7. The Labute approximate surface area is 74.5 Å². The summed E-state index contributed by atoms with van der Waals surface area (Å²) in [5.74, 6) is 3.80. The summed E-state index contributed by atoms with van der Waals surface area (Å²) in [6, 6.07) is 0. The third kappa shape index (κ3) is 2.51. The first-order valence-corrected chi connectivity index (χ1v) is 4.59. The molecule has 0 spiro atoms. The molecule has 12 heavy (non-hydrogen) atoms. The molecule has 2 unspecified atom stereocenters. The monoisotopic (exact) mass is 167 g/mol. The standard InChI is InChI=1S/C10H17NO/c1-2-6-12-8-10-5-3-4-9(10)7-11/h1,9-10H,3-8,11H2. The lowest BCUT2D eigenvalue weighted by molar-refractivity contribution is 0.111. The van der Waals surface area contributed by atoms with E-state index in [2.05, 4.69) is 5.92 Å². The van der Waals surface area contributed by atoms with E-state index in [1.54, 1.807) is 0 Å². The Bertz CT molecular complexity index is 162. The van der Waals surface area contributed by atoms with Gasteiger partial charge in [-0.3, -0.25) is 0 Å². The lowest BCUT2D eigenvalue weighted by Crippen LogP contribution is -2.22. The molecule has 0 aromatic carbocycles. The van der Waals surface area contributed by atoms with Crippen LogP contribution in [0.25, 0.3) is 0 Å². The first kappa shape index (κ1) is 9.57. The second kappa shape index (κ2) is 5.18. The van der Waals surface area contributed by atoms with Crippen LogP contribution in [-0.2, 0) is 4.74 Å².